The molecule has 2 rings (SSSR count). The fraction of sp³-hybridized carbons (Fsp3) is 0.667. The molecule has 1 aliphatic heterocycles. The van der Waals surface area contributed by atoms with E-state index in [1.807, 2.05) is 11.3 Å². The third kappa shape index (κ3) is 3.03. The summed E-state index contributed by atoms with van der Waals surface area (Å²) in [6, 6.07) is 2.35. The third-order valence-electron chi connectivity index (χ3n) is 2.82. The summed E-state index contributed by atoms with van der Waals surface area (Å²) in [6.45, 7) is 9.54. The summed E-state index contributed by atoms with van der Waals surface area (Å²) in [4.78, 5) is 3.96. The van der Waals surface area contributed by atoms with E-state index in [0.717, 1.165) is 32.8 Å². The molecule has 0 aliphatic carbocycles. The highest BCUT2D eigenvalue weighted by molar-refractivity contribution is 7.10. The Morgan fingerprint density at radius 3 is 2.73 bits per heavy atom. The molecule has 0 radical (unpaired) electrons. The molecule has 3 heteroatoms. The first kappa shape index (κ1) is 11.1. The lowest BCUT2D eigenvalue weighted by Crippen LogP contribution is -2.35. The van der Waals surface area contributed by atoms with E-state index in [2.05, 4.69) is 30.2 Å². The molecule has 1 saturated heterocycles. The van der Waals surface area contributed by atoms with Crippen LogP contribution in [-0.4, -0.2) is 31.2 Å². The molecular weight excluding hydrogens is 206 g/mol. The van der Waals surface area contributed by atoms with Gasteiger partial charge in [0.1, 0.15) is 0 Å². The topological polar surface area (TPSA) is 12.5 Å². The minimum Gasteiger partial charge on any atom is -0.379 e. The maximum atomic E-state index is 5.34. The molecule has 1 aliphatic rings. The Bertz CT molecular complexity index is 302. The molecule has 2 nitrogen and oxygen atoms in total. The van der Waals surface area contributed by atoms with Crippen molar-refractivity contribution >= 4 is 11.3 Å². The van der Waals surface area contributed by atoms with Gasteiger partial charge >= 0.3 is 0 Å². The summed E-state index contributed by atoms with van der Waals surface area (Å²) in [5.74, 6) is 0.652. The molecule has 0 N–H and O–H groups in total. The zero-order valence-corrected chi connectivity index (χ0v) is 10.3. The van der Waals surface area contributed by atoms with Crippen molar-refractivity contribution < 1.29 is 4.74 Å². The molecule has 0 spiro atoms. The standard InChI is InChI=1S/C12H19NOS/c1-10(2)11-7-12(15-9-11)8-13-3-5-14-6-4-13/h7,9-10H,3-6,8H2,1-2H3. The summed E-state index contributed by atoms with van der Waals surface area (Å²) < 4.78 is 5.34. The second-order valence-corrected chi connectivity index (χ2v) is 5.39. The molecule has 0 bridgehead atoms. The number of hydrogen-bond acceptors (Lipinski definition) is 3. The number of ether oxygens (including phenoxy) is 1. The highest BCUT2D eigenvalue weighted by Crippen LogP contribution is 2.23. The van der Waals surface area contributed by atoms with Gasteiger partial charge < -0.3 is 4.74 Å². The Kier molecular flexibility index (Phi) is 3.78. The van der Waals surface area contributed by atoms with Gasteiger partial charge in [-0.2, -0.15) is 0 Å². The van der Waals surface area contributed by atoms with Crippen LogP contribution in [0.1, 0.15) is 30.2 Å². The second-order valence-electron chi connectivity index (χ2n) is 4.39. The van der Waals surface area contributed by atoms with E-state index in [1.54, 1.807) is 0 Å². The summed E-state index contributed by atoms with van der Waals surface area (Å²) in [5, 5.41) is 2.29. The lowest BCUT2D eigenvalue weighted by Gasteiger charge is -2.25. The predicted octanol–water partition coefficient (Wildman–Crippen LogP) is 2.70. The van der Waals surface area contributed by atoms with Crippen LogP contribution in [0.3, 0.4) is 0 Å². The molecule has 0 saturated carbocycles. The van der Waals surface area contributed by atoms with Crippen molar-refractivity contribution in [2.45, 2.75) is 26.3 Å². The first-order valence-electron chi connectivity index (χ1n) is 5.63. The van der Waals surface area contributed by atoms with E-state index in [-0.39, 0.29) is 0 Å². The van der Waals surface area contributed by atoms with Crippen molar-refractivity contribution in [3.8, 4) is 0 Å². The number of rotatable bonds is 3. The SMILES string of the molecule is CC(C)c1csc(CN2CCOCC2)c1. The van der Waals surface area contributed by atoms with E-state index >= 15 is 0 Å². The Balaban J connectivity index is 1.91. The Hall–Kier alpha value is -0.380. The van der Waals surface area contributed by atoms with Crippen LogP contribution in [0.5, 0.6) is 0 Å². The number of morpholine rings is 1. The minimum atomic E-state index is 0.652. The fourth-order valence-corrected chi connectivity index (χ4v) is 2.85. The normalized spacial score (nSPS) is 18.6. The molecule has 0 atom stereocenters. The van der Waals surface area contributed by atoms with Crippen molar-refractivity contribution in [1.82, 2.24) is 4.90 Å². The van der Waals surface area contributed by atoms with Gasteiger partial charge in [-0.05, 0) is 22.9 Å². The highest BCUT2D eigenvalue weighted by Gasteiger charge is 2.12. The van der Waals surface area contributed by atoms with Gasteiger partial charge in [-0.3, -0.25) is 4.90 Å². The van der Waals surface area contributed by atoms with Gasteiger partial charge in [0.25, 0.3) is 0 Å². The molecule has 2 heterocycles. The summed E-state index contributed by atoms with van der Waals surface area (Å²) >= 11 is 1.89. The van der Waals surface area contributed by atoms with E-state index < -0.39 is 0 Å². The molecular formula is C12H19NOS. The van der Waals surface area contributed by atoms with Gasteiger partial charge in [0.2, 0.25) is 0 Å². The van der Waals surface area contributed by atoms with Crippen LogP contribution in [0.4, 0.5) is 0 Å². The number of thiophene rings is 1. The lowest BCUT2D eigenvalue weighted by molar-refractivity contribution is 0.0346. The van der Waals surface area contributed by atoms with Crippen LogP contribution in [0.15, 0.2) is 11.4 Å². The largest absolute Gasteiger partial charge is 0.379 e. The molecule has 15 heavy (non-hydrogen) atoms. The molecule has 1 aromatic heterocycles. The molecule has 84 valence electrons. The maximum Gasteiger partial charge on any atom is 0.0594 e. The highest BCUT2D eigenvalue weighted by atomic mass is 32.1. The van der Waals surface area contributed by atoms with E-state index in [0.29, 0.717) is 5.92 Å². The lowest BCUT2D eigenvalue weighted by atomic mass is 10.1. The first-order chi connectivity index (χ1) is 7.25. The van der Waals surface area contributed by atoms with Crippen LogP contribution in [0, 0.1) is 0 Å². The summed E-state index contributed by atoms with van der Waals surface area (Å²) in [7, 11) is 0. The monoisotopic (exact) mass is 225 g/mol. The van der Waals surface area contributed by atoms with Gasteiger partial charge in [0, 0.05) is 24.5 Å². The second kappa shape index (κ2) is 5.10. The third-order valence-corrected chi connectivity index (χ3v) is 3.76. The Morgan fingerprint density at radius 2 is 2.13 bits per heavy atom. The van der Waals surface area contributed by atoms with Crippen molar-refractivity contribution in [2.24, 2.45) is 0 Å². The number of hydrogen-bond donors (Lipinski definition) is 0. The first-order valence-corrected chi connectivity index (χ1v) is 6.51. The van der Waals surface area contributed by atoms with Crippen LogP contribution in [0.25, 0.3) is 0 Å². The molecule has 0 unspecified atom stereocenters. The average Bonchev–Trinajstić information content (AvgIpc) is 2.68. The zero-order valence-electron chi connectivity index (χ0n) is 9.53. The molecule has 0 amide bonds. The van der Waals surface area contributed by atoms with Crippen LogP contribution in [-0.2, 0) is 11.3 Å². The Morgan fingerprint density at radius 1 is 1.40 bits per heavy atom. The van der Waals surface area contributed by atoms with Crippen molar-refractivity contribution in [3.05, 3.63) is 21.9 Å². The summed E-state index contributed by atoms with van der Waals surface area (Å²) in [6.07, 6.45) is 0. The van der Waals surface area contributed by atoms with Crippen LogP contribution >= 0.6 is 11.3 Å². The fourth-order valence-electron chi connectivity index (χ4n) is 1.76. The van der Waals surface area contributed by atoms with Crippen molar-refractivity contribution in [2.75, 3.05) is 26.3 Å². The van der Waals surface area contributed by atoms with Crippen LogP contribution < -0.4 is 0 Å². The van der Waals surface area contributed by atoms with E-state index in [4.69, 9.17) is 4.74 Å². The quantitative estimate of drug-likeness (QED) is 0.784. The average molecular weight is 225 g/mol. The maximum absolute atomic E-state index is 5.34. The van der Waals surface area contributed by atoms with Gasteiger partial charge in [0.15, 0.2) is 0 Å². The van der Waals surface area contributed by atoms with E-state index in [1.165, 1.54) is 10.4 Å². The number of nitrogens with zero attached hydrogens (tertiary/aromatic N) is 1. The van der Waals surface area contributed by atoms with Gasteiger partial charge in [-0.15, -0.1) is 11.3 Å². The van der Waals surface area contributed by atoms with Gasteiger partial charge in [0.05, 0.1) is 13.2 Å². The smallest absolute Gasteiger partial charge is 0.0594 e. The minimum absolute atomic E-state index is 0.652. The summed E-state index contributed by atoms with van der Waals surface area (Å²) in [5.41, 5.74) is 1.48. The van der Waals surface area contributed by atoms with Gasteiger partial charge in [-0.25, -0.2) is 0 Å². The molecule has 1 fully saturated rings. The van der Waals surface area contributed by atoms with E-state index in [9.17, 15) is 0 Å². The van der Waals surface area contributed by atoms with Crippen molar-refractivity contribution in [1.29, 1.82) is 0 Å². The molecule has 1 aromatic rings. The van der Waals surface area contributed by atoms with Crippen LogP contribution in [0.2, 0.25) is 0 Å². The molecule has 0 aromatic carbocycles. The zero-order chi connectivity index (χ0) is 10.7. The van der Waals surface area contributed by atoms with Gasteiger partial charge in [-0.1, -0.05) is 13.8 Å². The van der Waals surface area contributed by atoms with Crippen molar-refractivity contribution in [3.63, 3.8) is 0 Å². The Labute approximate surface area is 95.9 Å². The predicted molar refractivity (Wildman–Crippen MR) is 64.5 cm³/mol.